The third-order valence-corrected chi connectivity index (χ3v) is 4.65. The Bertz CT molecular complexity index is 852. The van der Waals surface area contributed by atoms with E-state index in [1.54, 1.807) is 6.20 Å². The van der Waals surface area contributed by atoms with Crippen LogP contribution in [0.5, 0.6) is 11.5 Å². The Labute approximate surface area is 153 Å². The number of nitrogens with zero attached hydrogens (tertiary/aromatic N) is 1. The van der Waals surface area contributed by atoms with E-state index in [9.17, 15) is 5.11 Å². The van der Waals surface area contributed by atoms with Crippen molar-refractivity contribution in [2.24, 2.45) is 5.92 Å². The van der Waals surface area contributed by atoms with Crippen molar-refractivity contribution >= 4 is 0 Å². The minimum absolute atomic E-state index is 0.0240. The molecule has 2 aromatic carbocycles. The van der Waals surface area contributed by atoms with E-state index in [0.717, 1.165) is 23.4 Å². The second-order valence-corrected chi connectivity index (χ2v) is 6.52. The van der Waals surface area contributed by atoms with Gasteiger partial charge in [0.1, 0.15) is 18.1 Å². The maximum absolute atomic E-state index is 10.8. The Hall–Kier alpha value is -2.85. The molecule has 132 valence electrons. The van der Waals surface area contributed by atoms with Crippen molar-refractivity contribution in [3.63, 3.8) is 0 Å². The number of pyridine rings is 1. The first kappa shape index (κ1) is 16.6. The van der Waals surface area contributed by atoms with Crippen LogP contribution in [-0.4, -0.2) is 16.7 Å². The molecule has 1 aliphatic rings. The number of hydrogen-bond acceptors (Lipinski definition) is 4. The number of rotatable bonds is 5. The first-order valence-electron chi connectivity index (χ1n) is 8.81. The maximum Gasteiger partial charge on any atom is 0.130 e. The van der Waals surface area contributed by atoms with Crippen molar-refractivity contribution in [2.75, 3.05) is 6.61 Å². The van der Waals surface area contributed by atoms with Gasteiger partial charge < -0.3 is 14.6 Å². The quantitative estimate of drug-likeness (QED) is 0.759. The fourth-order valence-corrected chi connectivity index (χ4v) is 3.25. The molecule has 4 rings (SSSR count). The fourth-order valence-electron chi connectivity index (χ4n) is 3.25. The third kappa shape index (κ3) is 3.70. The van der Waals surface area contributed by atoms with Crippen LogP contribution in [0.3, 0.4) is 0 Å². The number of ether oxygens (including phenoxy) is 2. The lowest BCUT2D eigenvalue weighted by atomic mass is 9.88. The van der Waals surface area contributed by atoms with Gasteiger partial charge in [-0.25, -0.2) is 0 Å². The molecule has 26 heavy (non-hydrogen) atoms. The number of aliphatic hydroxyl groups excluding tert-OH is 1. The summed E-state index contributed by atoms with van der Waals surface area (Å²) in [5.41, 5.74) is 2.85. The summed E-state index contributed by atoms with van der Waals surface area (Å²) in [6.07, 6.45) is 1.95. The fraction of sp³-hybridized carbons (Fsp3) is 0.227. The number of hydrogen-bond donors (Lipinski definition) is 1. The van der Waals surface area contributed by atoms with E-state index >= 15 is 0 Å². The van der Waals surface area contributed by atoms with Crippen LogP contribution in [0.4, 0.5) is 0 Å². The molecule has 2 atom stereocenters. The minimum Gasteiger partial charge on any atom is -0.493 e. The van der Waals surface area contributed by atoms with Crippen molar-refractivity contribution in [1.82, 2.24) is 4.98 Å². The molecule has 0 saturated heterocycles. The first-order chi connectivity index (χ1) is 12.8. The third-order valence-electron chi connectivity index (χ3n) is 4.65. The van der Waals surface area contributed by atoms with Crippen molar-refractivity contribution < 1.29 is 14.6 Å². The van der Waals surface area contributed by atoms with Gasteiger partial charge in [-0.2, -0.15) is 0 Å². The van der Waals surface area contributed by atoms with Crippen LogP contribution in [0.2, 0.25) is 0 Å². The molecule has 4 nitrogen and oxygen atoms in total. The molecule has 0 fully saturated rings. The molecular weight excluding hydrogens is 326 g/mol. The second-order valence-electron chi connectivity index (χ2n) is 6.52. The molecule has 1 N–H and O–H groups in total. The molecule has 1 aliphatic heterocycles. The van der Waals surface area contributed by atoms with Crippen molar-refractivity contribution in [1.29, 1.82) is 0 Å². The van der Waals surface area contributed by atoms with E-state index in [2.05, 4.69) is 17.1 Å². The van der Waals surface area contributed by atoms with E-state index in [-0.39, 0.29) is 5.92 Å². The van der Waals surface area contributed by atoms with Gasteiger partial charge in [0.05, 0.1) is 18.4 Å². The van der Waals surface area contributed by atoms with E-state index in [4.69, 9.17) is 9.47 Å². The molecular formula is C22H21NO3. The van der Waals surface area contributed by atoms with E-state index in [1.165, 1.54) is 5.56 Å². The van der Waals surface area contributed by atoms with Crippen LogP contribution in [-0.2, 0) is 13.0 Å². The summed E-state index contributed by atoms with van der Waals surface area (Å²) in [6, 6.07) is 21.5. The van der Waals surface area contributed by atoms with Crippen LogP contribution in [0.15, 0.2) is 72.9 Å². The van der Waals surface area contributed by atoms with Gasteiger partial charge in [-0.15, -0.1) is 0 Å². The predicted octanol–water partition coefficient (Wildman–Crippen LogP) is 3.95. The number of fused-ring (bicyclic) bond motifs is 1. The van der Waals surface area contributed by atoms with Gasteiger partial charge in [-0.3, -0.25) is 4.98 Å². The van der Waals surface area contributed by atoms with Crippen LogP contribution in [0.1, 0.15) is 22.9 Å². The summed E-state index contributed by atoms with van der Waals surface area (Å²) in [7, 11) is 0. The average Bonchev–Trinajstić information content (AvgIpc) is 2.70. The van der Waals surface area contributed by atoms with Crippen LogP contribution in [0, 0.1) is 5.92 Å². The minimum atomic E-state index is -0.572. The van der Waals surface area contributed by atoms with E-state index < -0.39 is 6.10 Å². The molecule has 4 heteroatoms. The Morgan fingerprint density at radius 3 is 2.69 bits per heavy atom. The summed E-state index contributed by atoms with van der Waals surface area (Å²) in [5.74, 6) is 1.46. The summed E-state index contributed by atoms with van der Waals surface area (Å²) < 4.78 is 11.7. The average molecular weight is 347 g/mol. The molecule has 0 saturated carbocycles. The Balaban J connectivity index is 1.48. The zero-order chi connectivity index (χ0) is 17.8. The lowest BCUT2D eigenvalue weighted by Gasteiger charge is -2.30. The molecule has 1 aromatic heterocycles. The van der Waals surface area contributed by atoms with Gasteiger partial charge in [0.2, 0.25) is 0 Å². The van der Waals surface area contributed by atoms with Gasteiger partial charge in [-0.1, -0.05) is 36.4 Å². The molecule has 2 heterocycles. The lowest BCUT2D eigenvalue weighted by Crippen LogP contribution is -2.27. The number of aromatic nitrogens is 1. The zero-order valence-electron chi connectivity index (χ0n) is 14.4. The van der Waals surface area contributed by atoms with E-state index in [1.807, 2.05) is 54.6 Å². The normalized spacial score (nSPS) is 18.7. The molecule has 3 aromatic rings. The lowest BCUT2D eigenvalue weighted by molar-refractivity contribution is 0.0504. The molecule has 0 unspecified atom stereocenters. The highest BCUT2D eigenvalue weighted by atomic mass is 16.5. The van der Waals surface area contributed by atoms with Gasteiger partial charge >= 0.3 is 0 Å². The van der Waals surface area contributed by atoms with Crippen molar-refractivity contribution in [3.8, 4) is 11.5 Å². The molecule has 0 bridgehead atoms. The number of aliphatic hydroxyl groups is 1. The molecule has 0 spiro atoms. The summed E-state index contributed by atoms with van der Waals surface area (Å²) >= 11 is 0. The molecule has 0 aliphatic carbocycles. The van der Waals surface area contributed by atoms with Crippen molar-refractivity contribution in [2.45, 2.75) is 19.1 Å². The van der Waals surface area contributed by atoms with Gasteiger partial charge in [0.25, 0.3) is 0 Å². The van der Waals surface area contributed by atoms with Gasteiger partial charge in [0.15, 0.2) is 0 Å². The smallest absolute Gasteiger partial charge is 0.130 e. The summed E-state index contributed by atoms with van der Waals surface area (Å²) in [4.78, 5) is 4.26. The van der Waals surface area contributed by atoms with E-state index in [0.29, 0.717) is 19.0 Å². The van der Waals surface area contributed by atoms with Crippen LogP contribution in [0.25, 0.3) is 0 Å². The van der Waals surface area contributed by atoms with Gasteiger partial charge in [-0.05, 0) is 42.3 Å². The predicted molar refractivity (Wildman–Crippen MR) is 99.1 cm³/mol. The highest BCUT2D eigenvalue weighted by Crippen LogP contribution is 2.39. The standard InChI is InChI=1S/C22H21NO3/c24-22-17(12-16-6-2-1-3-7-16)14-26-21-10-9-19(13-20(21)22)25-15-18-8-4-5-11-23-18/h1-11,13,17,22,24H,12,14-15H2/t17-,22+/m1/s1. The van der Waals surface area contributed by atoms with Crippen LogP contribution < -0.4 is 9.47 Å². The molecule has 0 radical (unpaired) electrons. The van der Waals surface area contributed by atoms with Gasteiger partial charge in [0, 0.05) is 17.7 Å². The Morgan fingerprint density at radius 1 is 1.04 bits per heavy atom. The Kier molecular flexibility index (Phi) is 4.84. The summed E-state index contributed by atoms with van der Waals surface area (Å²) in [6.45, 7) is 0.904. The van der Waals surface area contributed by atoms with Crippen LogP contribution >= 0.6 is 0 Å². The topological polar surface area (TPSA) is 51.6 Å². The number of benzene rings is 2. The second kappa shape index (κ2) is 7.58. The maximum atomic E-state index is 10.8. The first-order valence-corrected chi connectivity index (χ1v) is 8.81. The summed E-state index contributed by atoms with van der Waals surface area (Å²) in [5, 5.41) is 10.8. The van der Waals surface area contributed by atoms with Crippen molar-refractivity contribution in [3.05, 3.63) is 89.7 Å². The highest BCUT2D eigenvalue weighted by Gasteiger charge is 2.30. The zero-order valence-corrected chi connectivity index (χ0v) is 14.4. The monoisotopic (exact) mass is 347 g/mol. The Morgan fingerprint density at radius 2 is 1.88 bits per heavy atom. The highest BCUT2D eigenvalue weighted by molar-refractivity contribution is 5.43. The largest absolute Gasteiger partial charge is 0.493 e. The SMILES string of the molecule is O[C@@H]1c2cc(OCc3ccccn3)ccc2OC[C@H]1Cc1ccccc1. The molecule has 0 amide bonds.